The first-order chi connectivity index (χ1) is 7.38. The Morgan fingerprint density at radius 1 is 1.25 bits per heavy atom. The van der Waals surface area contributed by atoms with Crippen molar-refractivity contribution in [3.05, 3.63) is 30.3 Å². The van der Waals surface area contributed by atoms with Crippen LogP contribution in [0.4, 0.5) is 0 Å². The summed E-state index contributed by atoms with van der Waals surface area (Å²) in [6.45, 7) is 5.33. The van der Waals surface area contributed by atoms with Gasteiger partial charge < -0.3 is 9.47 Å². The van der Waals surface area contributed by atoms with E-state index < -0.39 is 17.8 Å². The van der Waals surface area contributed by atoms with Crippen LogP contribution in [0, 0.1) is 0 Å². The van der Waals surface area contributed by atoms with Crippen LogP contribution >= 0.6 is 0 Å². The highest BCUT2D eigenvalue weighted by atomic mass is 16.6. The van der Waals surface area contributed by atoms with Gasteiger partial charge in [-0.3, -0.25) is 5.73 Å². The van der Waals surface area contributed by atoms with Crippen LogP contribution in [0.25, 0.3) is 0 Å². The van der Waals surface area contributed by atoms with Gasteiger partial charge in [0.25, 0.3) is 0 Å². The Bertz CT molecular complexity index is 343. The van der Waals surface area contributed by atoms with Gasteiger partial charge in [-0.1, -0.05) is 18.2 Å². The maximum Gasteiger partial charge on any atom is 0.363 e. The molecule has 1 unspecified atom stereocenters. The molecule has 0 spiro atoms. The number of ether oxygens (including phenoxy) is 2. The first-order valence-corrected chi connectivity index (χ1v) is 5.08. The lowest BCUT2D eigenvalue weighted by molar-refractivity contribution is -0.163. The topological polar surface area (TPSA) is 61.5 Å². The number of para-hydroxylation sites is 1. The molecule has 16 heavy (non-hydrogen) atoms. The molecule has 4 heteroatoms. The quantitative estimate of drug-likeness (QED) is 0.625. The molecule has 0 bridgehead atoms. The Hall–Kier alpha value is -1.55. The normalized spacial score (nSPS) is 13.0. The molecular formula is C12H17NO3. The minimum absolute atomic E-state index is 0.542. The summed E-state index contributed by atoms with van der Waals surface area (Å²) in [5, 5.41) is 0. The average molecular weight is 223 g/mol. The van der Waals surface area contributed by atoms with Crippen LogP contribution in [0.5, 0.6) is 5.75 Å². The monoisotopic (exact) mass is 223 g/mol. The number of carbonyl (C=O) groups excluding carboxylic acids is 1. The summed E-state index contributed by atoms with van der Waals surface area (Å²) in [5.74, 6) is -0.0304. The van der Waals surface area contributed by atoms with E-state index in [9.17, 15) is 4.79 Å². The molecular weight excluding hydrogens is 206 g/mol. The molecule has 0 saturated carbocycles. The molecule has 0 aliphatic rings. The highest BCUT2D eigenvalue weighted by molar-refractivity contribution is 5.74. The van der Waals surface area contributed by atoms with Crippen molar-refractivity contribution >= 4 is 5.97 Å². The van der Waals surface area contributed by atoms with Crippen LogP contribution in [0.1, 0.15) is 20.8 Å². The number of benzene rings is 1. The summed E-state index contributed by atoms with van der Waals surface area (Å²) in [7, 11) is 0. The average Bonchev–Trinajstić information content (AvgIpc) is 2.16. The van der Waals surface area contributed by atoms with Gasteiger partial charge in [0.15, 0.2) is 0 Å². The van der Waals surface area contributed by atoms with Gasteiger partial charge in [-0.2, -0.15) is 0 Å². The predicted molar refractivity (Wildman–Crippen MR) is 60.9 cm³/mol. The second-order valence-corrected chi connectivity index (χ2v) is 4.38. The largest absolute Gasteiger partial charge is 0.464 e. The Morgan fingerprint density at radius 3 is 2.31 bits per heavy atom. The van der Waals surface area contributed by atoms with Crippen LogP contribution in [-0.2, 0) is 9.53 Å². The summed E-state index contributed by atoms with van der Waals surface area (Å²) in [4.78, 5) is 11.5. The lowest BCUT2D eigenvalue weighted by atomic mass is 10.2. The van der Waals surface area contributed by atoms with Crippen molar-refractivity contribution in [2.24, 2.45) is 5.73 Å². The highest BCUT2D eigenvalue weighted by Crippen LogP contribution is 2.12. The lowest BCUT2D eigenvalue weighted by Crippen LogP contribution is -2.41. The van der Waals surface area contributed by atoms with Gasteiger partial charge in [-0.15, -0.1) is 0 Å². The first-order valence-electron chi connectivity index (χ1n) is 5.08. The van der Waals surface area contributed by atoms with Crippen LogP contribution < -0.4 is 10.5 Å². The van der Waals surface area contributed by atoms with E-state index >= 15 is 0 Å². The molecule has 1 aromatic rings. The van der Waals surface area contributed by atoms with Crippen molar-refractivity contribution in [2.45, 2.75) is 32.6 Å². The molecule has 4 nitrogen and oxygen atoms in total. The third-order valence-corrected chi connectivity index (χ3v) is 1.65. The number of hydrogen-bond acceptors (Lipinski definition) is 4. The Kier molecular flexibility index (Phi) is 3.90. The van der Waals surface area contributed by atoms with Crippen molar-refractivity contribution in [1.29, 1.82) is 0 Å². The van der Waals surface area contributed by atoms with Crippen molar-refractivity contribution < 1.29 is 14.3 Å². The van der Waals surface area contributed by atoms with E-state index in [0.717, 1.165) is 0 Å². The predicted octanol–water partition coefficient (Wildman–Crippen LogP) is 1.69. The SMILES string of the molecule is CC(C)(C)OC(=O)C(N)Oc1ccccc1. The Balaban J connectivity index is 2.53. The van der Waals surface area contributed by atoms with Crippen LogP contribution in [0.15, 0.2) is 30.3 Å². The number of esters is 1. The summed E-state index contributed by atoms with van der Waals surface area (Å²) in [6, 6.07) is 8.91. The molecule has 0 fully saturated rings. The zero-order valence-electron chi connectivity index (χ0n) is 9.77. The lowest BCUT2D eigenvalue weighted by Gasteiger charge is -2.22. The van der Waals surface area contributed by atoms with Gasteiger partial charge in [-0.25, -0.2) is 4.79 Å². The molecule has 88 valence electrons. The molecule has 0 heterocycles. The third kappa shape index (κ3) is 4.31. The molecule has 0 aromatic heterocycles. The minimum Gasteiger partial charge on any atom is -0.464 e. The van der Waals surface area contributed by atoms with Crippen molar-refractivity contribution in [3.8, 4) is 5.75 Å². The van der Waals surface area contributed by atoms with Crippen molar-refractivity contribution in [3.63, 3.8) is 0 Å². The summed E-state index contributed by atoms with van der Waals surface area (Å²) >= 11 is 0. The summed E-state index contributed by atoms with van der Waals surface area (Å²) in [6.07, 6.45) is -1.10. The maximum absolute atomic E-state index is 11.5. The molecule has 1 atom stereocenters. The van der Waals surface area contributed by atoms with Gasteiger partial charge in [0.1, 0.15) is 11.4 Å². The number of hydrogen-bond donors (Lipinski definition) is 1. The van der Waals surface area contributed by atoms with Crippen LogP contribution in [0.3, 0.4) is 0 Å². The smallest absolute Gasteiger partial charge is 0.363 e. The van der Waals surface area contributed by atoms with Gasteiger partial charge in [-0.05, 0) is 32.9 Å². The second kappa shape index (κ2) is 4.99. The van der Waals surface area contributed by atoms with Crippen molar-refractivity contribution in [1.82, 2.24) is 0 Å². The maximum atomic E-state index is 11.5. The number of nitrogens with two attached hydrogens (primary N) is 1. The highest BCUT2D eigenvalue weighted by Gasteiger charge is 2.23. The molecule has 2 N–H and O–H groups in total. The van der Waals surface area contributed by atoms with Crippen molar-refractivity contribution in [2.75, 3.05) is 0 Å². The zero-order valence-corrected chi connectivity index (χ0v) is 9.77. The fourth-order valence-electron chi connectivity index (χ4n) is 1.05. The second-order valence-electron chi connectivity index (χ2n) is 4.38. The summed E-state index contributed by atoms with van der Waals surface area (Å²) < 4.78 is 10.3. The Labute approximate surface area is 95.3 Å². The van der Waals surface area contributed by atoms with E-state index in [1.807, 2.05) is 6.07 Å². The van der Waals surface area contributed by atoms with E-state index in [1.165, 1.54) is 0 Å². The van der Waals surface area contributed by atoms with Gasteiger partial charge >= 0.3 is 5.97 Å². The van der Waals surface area contributed by atoms with Gasteiger partial charge in [0.2, 0.25) is 6.23 Å². The van der Waals surface area contributed by atoms with Gasteiger partial charge in [0, 0.05) is 0 Å². The van der Waals surface area contributed by atoms with Crippen LogP contribution in [-0.4, -0.2) is 17.8 Å². The molecule has 0 aliphatic heterocycles. The molecule has 0 radical (unpaired) electrons. The molecule has 0 aliphatic carbocycles. The zero-order chi connectivity index (χ0) is 12.2. The molecule has 1 rings (SSSR count). The van der Waals surface area contributed by atoms with E-state index in [0.29, 0.717) is 5.75 Å². The summed E-state index contributed by atoms with van der Waals surface area (Å²) in [5.41, 5.74) is 5.00. The fraction of sp³-hybridized carbons (Fsp3) is 0.417. The number of rotatable bonds is 3. The standard InChI is InChI=1S/C12H17NO3/c1-12(2,3)16-11(14)10(13)15-9-7-5-4-6-8-9/h4-8,10H,13H2,1-3H3. The molecule has 1 aromatic carbocycles. The first kappa shape index (κ1) is 12.5. The van der Waals surface area contributed by atoms with E-state index in [-0.39, 0.29) is 0 Å². The van der Waals surface area contributed by atoms with E-state index in [4.69, 9.17) is 15.2 Å². The third-order valence-electron chi connectivity index (χ3n) is 1.65. The minimum atomic E-state index is -1.10. The fourth-order valence-corrected chi connectivity index (χ4v) is 1.05. The van der Waals surface area contributed by atoms with Gasteiger partial charge in [0.05, 0.1) is 0 Å². The Morgan fingerprint density at radius 2 is 1.81 bits per heavy atom. The van der Waals surface area contributed by atoms with E-state index in [1.54, 1.807) is 45.0 Å². The molecule has 0 saturated heterocycles. The molecule has 0 amide bonds. The number of carbonyl (C=O) groups is 1. The van der Waals surface area contributed by atoms with E-state index in [2.05, 4.69) is 0 Å². The van der Waals surface area contributed by atoms with Crippen LogP contribution in [0.2, 0.25) is 0 Å².